The number of alkyl halides is 3. The lowest BCUT2D eigenvalue weighted by Gasteiger charge is -2.18. The molecular formula is C7H14F3NO. The zero-order chi connectivity index (χ0) is 9.78. The third-order valence-electron chi connectivity index (χ3n) is 1.81. The van der Waals surface area contributed by atoms with Crippen molar-refractivity contribution >= 4 is 0 Å². The van der Waals surface area contributed by atoms with E-state index in [1.165, 1.54) is 0 Å². The van der Waals surface area contributed by atoms with Crippen LogP contribution >= 0.6 is 0 Å². The van der Waals surface area contributed by atoms with Gasteiger partial charge >= 0.3 is 6.36 Å². The highest BCUT2D eigenvalue weighted by molar-refractivity contribution is 4.66. The number of halogens is 3. The Hall–Kier alpha value is -0.290. The molecule has 0 amide bonds. The van der Waals surface area contributed by atoms with Gasteiger partial charge in [-0.3, -0.25) is 4.74 Å². The van der Waals surface area contributed by atoms with Gasteiger partial charge in [-0.1, -0.05) is 20.3 Å². The van der Waals surface area contributed by atoms with Crippen LogP contribution in [0.5, 0.6) is 0 Å². The standard InChI is InChI=1S/C7H14F3NO/c1-3-5(2)6(11)4-12-7(8,9)10/h5-6H,3-4,11H2,1-2H3/t5-,6-/m1/s1. The van der Waals surface area contributed by atoms with Gasteiger partial charge in [-0.15, -0.1) is 13.2 Å². The maximum Gasteiger partial charge on any atom is 0.522 e. The van der Waals surface area contributed by atoms with E-state index in [9.17, 15) is 13.2 Å². The monoisotopic (exact) mass is 185 g/mol. The fourth-order valence-electron chi connectivity index (χ4n) is 0.658. The minimum Gasteiger partial charge on any atom is -0.325 e. The molecule has 0 aromatic carbocycles. The molecule has 2 atom stereocenters. The van der Waals surface area contributed by atoms with Crippen molar-refractivity contribution in [1.29, 1.82) is 0 Å². The highest BCUT2D eigenvalue weighted by atomic mass is 19.4. The summed E-state index contributed by atoms with van der Waals surface area (Å²) in [6, 6.07) is -0.545. The number of hydrogen-bond acceptors (Lipinski definition) is 2. The van der Waals surface area contributed by atoms with Gasteiger partial charge in [0, 0.05) is 6.04 Å². The zero-order valence-electron chi connectivity index (χ0n) is 7.19. The molecular weight excluding hydrogens is 171 g/mol. The molecule has 74 valence electrons. The van der Waals surface area contributed by atoms with E-state index in [4.69, 9.17) is 5.73 Å². The molecule has 0 saturated heterocycles. The minimum absolute atomic E-state index is 0.0485. The molecule has 0 aliphatic heterocycles. The third-order valence-corrected chi connectivity index (χ3v) is 1.81. The summed E-state index contributed by atoms with van der Waals surface area (Å²) in [5, 5.41) is 0. The van der Waals surface area contributed by atoms with Gasteiger partial charge in [0.1, 0.15) is 0 Å². The summed E-state index contributed by atoms with van der Waals surface area (Å²) in [7, 11) is 0. The lowest BCUT2D eigenvalue weighted by Crippen LogP contribution is -2.35. The first-order valence-corrected chi connectivity index (χ1v) is 3.83. The first kappa shape index (κ1) is 11.7. The smallest absolute Gasteiger partial charge is 0.325 e. The summed E-state index contributed by atoms with van der Waals surface area (Å²) >= 11 is 0. The molecule has 0 aliphatic carbocycles. The molecule has 0 spiro atoms. The summed E-state index contributed by atoms with van der Waals surface area (Å²) in [5.74, 6) is 0.0485. The molecule has 0 heterocycles. The number of rotatable bonds is 4. The Balaban J connectivity index is 3.64. The maximum absolute atomic E-state index is 11.5. The normalized spacial score (nSPS) is 17.5. The molecule has 0 aliphatic rings. The highest BCUT2D eigenvalue weighted by Gasteiger charge is 2.30. The molecule has 0 radical (unpaired) electrons. The molecule has 0 bridgehead atoms. The van der Waals surface area contributed by atoms with Crippen LogP contribution < -0.4 is 5.73 Å². The van der Waals surface area contributed by atoms with Gasteiger partial charge in [-0.05, 0) is 5.92 Å². The van der Waals surface area contributed by atoms with Crippen LogP contribution in [0.1, 0.15) is 20.3 Å². The van der Waals surface area contributed by atoms with Crippen molar-refractivity contribution in [3.8, 4) is 0 Å². The van der Waals surface area contributed by atoms with Crippen LogP contribution in [0, 0.1) is 5.92 Å². The first-order chi connectivity index (χ1) is 5.37. The largest absolute Gasteiger partial charge is 0.522 e. The maximum atomic E-state index is 11.5. The summed E-state index contributed by atoms with van der Waals surface area (Å²) in [6.45, 7) is 3.21. The van der Waals surface area contributed by atoms with Crippen LogP contribution in [-0.2, 0) is 4.74 Å². The molecule has 0 aromatic rings. The Kier molecular flexibility index (Phi) is 4.55. The quantitative estimate of drug-likeness (QED) is 0.725. The third kappa shape index (κ3) is 5.37. The molecule has 0 unspecified atom stereocenters. The van der Waals surface area contributed by atoms with E-state index in [1.807, 2.05) is 6.92 Å². The molecule has 0 saturated carbocycles. The second kappa shape index (κ2) is 4.67. The Morgan fingerprint density at radius 1 is 1.42 bits per heavy atom. The van der Waals surface area contributed by atoms with Crippen LogP contribution in [-0.4, -0.2) is 19.0 Å². The van der Waals surface area contributed by atoms with Gasteiger partial charge in [0.25, 0.3) is 0 Å². The van der Waals surface area contributed by atoms with Crippen LogP contribution in [0.3, 0.4) is 0 Å². The van der Waals surface area contributed by atoms with Crippen molar-refractivity contribution in [3.05, 3.63) is 0 Å². The van der Waals surface area contributed by atoms with Crippen molar-refractivity contribution in [3.63, 3.8) is 0 Å². The number of ether oxygens (including phenoxy) is 1. The lowest BCUT2D eigenvalue weighted by molar-refractivity contribution is -0.326. The minimum atomic E-state index is -4.56. The van der Waals surface area contributed by atoms with Crippen LogP contribution in [0.4, 0.5) is 13.2 Å². The molecule has 0 aromatic heterocycles. The Bertz CT molecular complexity index is 126. The molecule has 2 nitrogen and oxygen atoms in total. The first-order valence-electron chi connectivity index (χ1n) is 3.83. The fourth-order valence-corrected chi connectivity index (χ4v) is 0.658. The van der Waals surface area contributed by atoms with Crippen molar-refractivity contribution < 1.29 is 17.9 Å². The molecule has 0 rings (SSSR count). The van der Waals surface area contributed by atoms with Crippen molar-refractivity contribution in [2.45, 2.75) is 32.7 Å². The summed E-state index contributed by atoms with van der Waals surface area (Å²) in [6.07, 6.45) is -3.81. The molecule has 0 fully saturated rings. The summed E-state index contributed by atoms with van der Waals surface area (Å²) in [5.41, 5.74) is 5.41. The van der Waals surface area contributed by atoms with E-state index in [1.54, 1.807) is 6.92 Å². The predicted octanol–water partition coefficient (Wildman–Crippen LogP) is 1.90. The van der Waals surface area contributed by atoms with Gasteiger partial charge in [-0.2, -0.15) is 0 Å². The SMILES string of the molecule is CC[C@@H](C)[C@H](N)COC(F)(F)F. The highest BCUT2D eigenvalue weighted by Crippen LogP contribution is 2.17. The molecule has 2 N–H and O–H groups in total. The van der Waals surface area contributed by atoms with E-state index in [-0.39, 0.29) is 5.92 Å². The van der Waals surface area contributed by atoms with E-state index < -0.39 is 19.0 Å². The Labute approximate surface area is 69.9 Å². The van der Waals surface area contributed by atoms with E-state index in [0.29, 0.717) is 0 Å². The fraction of sp³-hybridized carbons (Fsp3) is 1.00. The van der Waals surface area contributed by atoms with E-state index in [2.05, 4.69) is 4.74 Å². The van der Waals surface area contributed by atoms with Gasteiger partial charge in [-0.25, -0.2) is 0 Å². The topological polar surface area (TPSA) is 35.2 Å². The van der Waals surface area contributed by atoms with Crippen LogP contribution in [0.15, 0.2) is 0 Å². The van der Waals surface area contributed by atoms with Gasteiger partial charge in [0.05, 0.1) is 6.61 Å². The lowest BCUT2D eigenvalue weighted by atomic mass is 10.0. The van der Waals surface area contributed by atoms with Gasteiger partial charge < -0.3 is 5.73 Å². The number of hydrogen-bond donors (Lipinski definition) is 1. The predicted molar refractivity (Wildman–Crippen MR) is 39.4 cm³/mol. The number of nitrogens with two attached hydrogens (primary N) is 1. The van der Waals surface area contributed by atoms with Crippen molar-refractivity contribution in [2.75, 3.05) is 6.61 Å². The summed E-state index contributed by atoms with van der Waals surface area (Å²) in [4.78, 5) is 0. The Morgan fingerprint density at radius 2 is 1.92 bits per heavy atom. The summed E-state index contributed by atoms with van der Waals surface area (Å²) < 4.78 is 38.1. The van der Waals surface area contributed by atoms with Crippen LogP contribution in [0.25, 0.3) is 0 Å². The molecule has 5 heteroatoms. The Morgan fingerprint density at radius 3 is 2.25 bits per heavy atom. The second-order valence-electron chi connectivity index (χ2n) is 2.81. The average molecular weight is 185 g/mol. The van der Waals surface area contributed by atoms with Crippen molar-refractivity contribution in [1.82, 2.24) is 0 Å². The average Bonchev–Trinajstić information content (AvgIpc) is 1.97. The second-order valence-corrected chi connectivity index (χ2v) is 2.81. The van der Waals surface area contributed by atoms with Crippen molar-refractivity contribution in [2.24, 2.45) is 11.7 Å². The van der Waals surface area contributed by atoms with Crippen LogP contribution in [0.2, 0.25) is 0 Å². The molecule has 12 heavy (non-hydrogen) atoms. The zero-order valence-corrected chi connectivity index (χ0v) is 7.19. The van der Waals surface area contributed by atoms with Gasteiger partial charge in [0.15, 0.2) is 0 Å². The van der Waals surface area contributed by atoms with E-state index >= 15 is 0 Å². The van der Waals surface area contributed by atoms with Gasteiger partial charge in [0.2, 0.25) is 0 Å². The van der Waals surface area contributed by atoms with E-state index in [0.717, 1.165) is 6.42 Å².